The molecule has 0 saturated carbocycles. The zero-order valence-electron chi connectivity index (χ0n) is 45.9. The molecule has 0 bridgehead atoms. The number of fused-ring (bicyclic) bond motifs is 6. The molecule has 0 amide bonds. The van der Waals surface area contributed by atoms with Crippen molar-refractivity contribution >= 4 is 98.7 Å². The zero-order valence-corrected chi connectivity index (χ0v) is 41.9. The molecule has 0 N–H and O–H groups in total. The third-order valence-electron chi connectivity index (χ3n) is 13.6. The fourth-order valence-electron chi connectivity index (χ4n) is 9.87. The third kappa shape index (κ3) is 7.48. The second kappa shape index (κ2) is 15.4. The number of para-hydroxylation sites is 1. The Kier molecular flexibility index (Phi) is 8.86. The summed E-state index contributed by atoms with van der Waals surface area (Å²) in [7, 11) is -1.72. The lowest BCUT2D eigenvalue weighted by atomic mass is 9.33. The molecular formula is C60H64BN3OSi. The number of rotatable bonds is 6. The van der Waals surface area contributed by atoms with Gasteiger partial charge < -0.3 is 14.2 Å². The van der Waals surface area contributed by atoms with E-state index in [4.69, 9.17) is 8.53 Å². The summed E-state index contributed by atoms with van der Waals surface area (Å²) in [5, 5.41) is 2.32. The molecule has 0 radical (unpaired) electrons. The smallest absolute Gasteiger partial charge is 0.257 e. The van der Waals surface area contributed by atoms with Crippen molar-refractivity contribution in [1.82, 2.24) is 0 Å². The van der Waals surface area contributed by atoms with E-state index in [-0.39, 0.29) is 52.8 Å². The lowest BCUT2D eigenvalue weighted by Gasteiger charge is -2.43. The number of aryl methyl sites for hydroxylation is 1. The monoisotopic (exact) mass is 887 g/mol. The van der Waals surface area contributed by atoms with Gasteiger partial charge in [0.1, 0.15) is 5.58 Å². The van der Waals surface area contributed by atoms with E-state index in [1.54, 1.807) is 0 Å². The van der Waals surface area contributed by atoms with Gasteiger partial charge in [0.2, 0.25) is 5.88 Å². The molecule has 1 aromatic heterocycles. The Morgan fingerprint density at radius 2 is 1.06 bits per heavy atom. The summed E-state index contributed by atoms with van der Waals surface area (Å²) < 4.78 is 52.1. The van der Waals surface area contributed by atoms with Crippen molar-refractivity contribution in [3.05, 3.63) is 174 Å². The Labute approximate surface area is 402 Å². The standard InChI is InChI=1S/C60H64BN3OSi/c1-39-35-52-56-53(36-39)64(46-26-21-41(22-27-46)59(5,6)7)57-55(49-37-42(60(8,9)10)23-34-54(49)65-57)61(56)50-33-30-47(38-51(50)63(52)45-24-19-40(20-25-45)58(2,3)4)62(43-17-15-14-16-18-43)44-28-31-48(32-29-44)66(11,12)13/h14-38H,1-13H3/i14D,15D,16D,17D,18D. The Hall–Kier alpha value is -6.24. The minimum atomic E-state index is -1.72. The minimum absolute atomic E-state index is 0.0248. The molecule has 3 heterocycles. The van der Waals surface area contributed by atoms with Crippen molar-refractivity contribution in [2.24, 2.45) is 0 Å². The Bertz CT molecular complexity index is 3400. The van der Waals surface area contributed by atoms with Gasteiger partial charge in [0.05, 0.1) is 14.9 Å². The molecule has 2 aliphatic heterocycles. The summed E-state index contributed by atoms with van der Waals surface area (Å²) in [6, 6.07) is 42.1. The van der Waals surface area contributed by atoms with Gasteiger partial charge in [0.25, 0.3) is 6.71 Å². The number of furan rings is 1. The van der Waals surface area contributed by atoms with Crippen LogP contribution in [-0.4, -0.2) is 14.8 Å². The minimum Gasteiger partial charge on any atom is -0.440 e. The summed E-state index contributed by atoms with van der Waals surface area (Å²) in [6.07, 6.45) is 0. The fraction of sp³-hybridized carbons (Fsp3) is 0.267. The summed E-state index contributed by atoms with van der Waals surface area (Å²) in [6.45, 7) is 29.0. The van der Waals surface area contributed by atoms with E-state index >= 15 is 0 Å². The van der Waals surface area contributed by atoms with Gasteiger partial charge in [-0.2, -0.15) is 0 Å². The fourth-order valence-corrected chi connectivity index (χ4v) is 11.0. The van der Waals surface area contributed by atoms with Crippen LogP contribution < -0.4 is 36.3 Å². The van der Waals surface area contributed by atoms with Gasteiger partial charge >= 0.3 is 0 Å². The molecule has 66 heavy (non-hydrogen) atoms. The quantitative estimate of drug-likeness (QED) is 0.155. The van der Waals surface area contributed by atoms with Crippen molar-refractivity contribution in [1.29, 1.82) is 0 Å². The van der Waals surface area contributed by atoms with E-state index in [1.807, 2.05) is 17.0 Å². The molecule has 10 rings (SSSR count). The molecular weight excluding hydrogens is 818 g/mol. The molecule has 6 heteroatoms. The maximum Gasteiger partial charge on any atom is 0.257 e. The van der Waals surface area contributed by atoms with Crippen molar-refractivity contribution in [2.75, 3.05) is 14.7 Å². The first kappa shape index (κ1) is 37.9. The van der Waals surface area contributed by atoms with Gasteiger partial charge in [-0.15, -0.1) is 0 Å². The van der Waals surface area contributed by atoms with E-state index in [0.717, 1.165) is 67.2 Å². The van der Waals surface area contributed by atoms with Crippen LogP contribution in [0.15, 0.2) is 156 Å². The molecule has 0 aliphatic carbocycles. The third-order valence-corrected chi connectivity index (χ3v) is 15.7. The van der Waals surface area contributed by atoms with Crippen LogP contribution in [0.3, 0.4) is 0 Å². The van der Waals surface area contributed by atoms with Crippen LogP contribution >= 0.6 is 0 Å². The number of anilines is 9. The predicted octanol–water partition coefficient (Wildman–Crippen LogP) is 14.7. The van der Waals surface area contributed by atoms with E-state index in [0.29, 0.717) is 11.4 Å². The number of benzene rings is 7. The van der Waals surface area contributed by atoms with E-state index in [2.05, 4.69) is 208 Å². The summed E-state index contributed by atoms with van der Waals surface area (Å²) >= 11 is 0. The van der Waals surface area contributed by atoms with Crippen molar-refractivity contribution in [3.8, 4) is 0 Å². The Morgan fingerprint density at radius 1 is 0.530 bits per heavy atom. The van der Waals surface area contributed by atoms with Crippen LogP contribution in [0, 0.1) is 6.92 Å². The lowest BCUT2D eigenvalue weighted by Crippen LogP contribution is -2.61. The van der Waals surface area contributed by atoms with Gasteiger partial charge in [-0.1, -0.05) is 154 Å². The highest BCUT2D eigenvalue weighted by Gasteiger charge is 2.47. The molecule has 0 saturated heterocycles. The second-order valence-corrected chi connectivity index (χ2v) is 27.6. The topological polar surface area (TPSA) is 22.9 Å². The van der Waals surface area contributed by atoms with Crippen LogP contribution in [0.4, 0.5) is 51.4 Å². The first-order valence-electron chi connectivity index (χ1n) is 25.9. The zero-order chi connectivity index (χ0) is 51.0. The highest BCUT2D eigenvalue weighted by atomic mass is 28.3. The summed E-state index contributed by atoms with van der Waals surface area (Å²) in [5.74, 6) is 0.782. The molecule has 7 aromatic carbocycles. The molecule has 4 nitrogen and oxygen atoms in total. The average molecular weight is 887 g/mol. The molecule has 0 spiro atoms. The van der Waals surface area contributed by atoms with E-state index < -0.39 is 14.1 Å². The van der Waals surface area contributed by atoms with Gasteiger partial charge in [-0.25, -0.2) is 0 Å². The molecule has 0 unspecified atom stereocenters. The lowest BCUT2D eigenvalue weighted by molar-refractivity contribution is 0.589. The van der Waals surface area contributed by atoms with Gasteiger partial charge in [-0.05, 0) is 141 Å². The number of hydrogen-bond donors (Lipinski definition) is 0. The van der Waals surface area contributed by atoms with Crippen LogP contribution in [-0.2, 0) is 16.2 Å². The normalized spacial score (nSPS) is 14.8. The second-order valence-electron chi connectivity index (χ2n) is 22.5. The van der Waals surface area contributed by atoms with Crippen molar-refractivity contribution < 1.29 is 11.3 Å². The first-order valence-corrected chi connectivity index (χ1v) is 26.9. The molecule has 2 aliphatic rings. The van der Waals surface area contributed by atoms with E-state index in [9.17, 15) is 2.74 Å². The molecule has 332 valence electrons. The molecule has 8 aromatic rings. The van der Waals surface area contributed by atoms with E-state index in [1.165, 1.54) is 21.9 Å². The van der Waals surface area contributed by atoms with Gasteiger partial charge in [-0.3, -0.25) is 4.90 Å². The average Bonchev–Trinajstić information content (AvgIpc) is 3.69. The van der Waals surface area contributed by atoms with Crippen molar-refractivity contribution in [3.63, 3.8) is 0 Å². The molecule has 0 fully saturated rings. The van der Waals surface area contributed by atoms with Gasteiger partial charge in [0, 0.05) is 56.3 Å². The Balaban J connectivity index is 1.30. The number of hydrogen-bond acceptors (Lipinski definition) is 4. The van der Waals surface area contributed by atoms with Crippen molar-refractivity contribution in [2.45, 2.75) is 105 Å². The van der Waals surface area contributed by atoms with Crippen LogP contribution in [0.2, 0.25) is 19.6 Å². The molecule has 0 atom stereocenters. The highest BCUT2D eigenvalue weighted by molar-refractivity contribution is 7.01. The highest BCUT2D eigenvalue weighted by Crippen LogP contribution is 2.48. The first-order chi connectivity index (χ1) is 33.2. The van der Waals surface area contributed by atoms with Crippen LogP contribution in [0.1, 0.15) is 91.4 Å². The van der Waals surface area contributed by atoms with Crippen LogP contribution in [0.25, 0.3) is 11.0 Å². The SMILES string of the molecule is [2H]c1c([2H])c([2H])c(N(c2ccc([Si](C)(C)C)cc2)c2ccc3c(c2)N(c2ccc(C(C)(C)C)cc2)c2cc(C)cc4c2B3c2c(oc3ccc(C(C)(C)C)cc23)N4c2ccc(C(C)(C)C)cc2)c([2H])c1[2H]. The summed E-state index contributed by atoms with van der Waals surface area (Å²) in [4.78, 5) is 6.55. The number of nitrogens with zero attached hydrogens (tertiary/aromatic N) is 3. The largest absolute Gasteiger partial charge is 0.440 e. The predicted molar refractivity (Wildman–Crippen MR) is 289 cm³/mol. The summed E-state index contributed by atoms with van der Waals surface area (Å²) in [5.41, 5.74) is 15.2. The Morgan fingerprint density at radius 3 is 1.62 bits per heavy atom. The van der Waals surface area contributed by atoms with Gasteiger partial charge in [0.15, 0.2) is 0 Å². The maximum absolute atomic E-state index is 9.35. The van der Waals surface area contributed by atoms with Crippen LogP contribution in [0.5, 0.6) is 0 Å². The maximum atomic E-state index is 9.35.